The Balaban J connectivity index is 2.00. The lowest BCUT2D eigenvalue weighted by atomic mass is 10.1. The summed E-state index contributed by atoms with van der Waals surface area (Å²) in [4.78, 5) is 14.2. The summed E-state index contributed by atoms with van der Waals surface area (Å²) in [6.07, 6.45) is 0.382. The third-order valence-corrected chi connectivity index (χ3v) is 3.66. The van der Waals surface area contributed by atoms with Crippen LogP contribution in [0.3, 0.4) is 0 Å². The minimum absolute atomic E-state index is 0.0243. The standard InChI is InChI=1S/C16H23FN2O2/c1-12(2)19(10-13-5-3-4-6-15(13)17)16(20)9-14-11-21-8-7-18-14/h3-6,12,14,18H,7-11H2,1-2H3. The monoisotopic (exact) mass is 294 g/mol. The second-order valence-electron chi connectivity index (χ2n) is 5.64. The SMILES string of the molecule is CC(C)N(Cc1ccccc1F)C(=O)CC1COCCN1. The van der Waals surface area contributed by atoms with Crippen molar-refractivity contribution in [3.8, 4) is 0 Å². The second kappa shape index (κ2) is 7.52. The number of ether oxygens (including phenoxy) is 1. The van der Waals surface area contributed by atoms with Crippen molar-refractivity contribution in [3.05, 3.63) is 35.6 Å². The molecule has 1 heterocycles. The number of morpholine rings is 1. The van der Waals surface area contributed by atoms with Crippen LogP contribution >= 0.6 is 0 Å². The van der Waals surface area contributed by atoms with Crippen molar-refractivity contribution < 1.29 is 13.9 Å². The molecule has 0 bridgehead atoms. The highest BCUT2D eigenvalue weighted by atomic mass is 19.1. The quantitative estimate of drug-likeness (QED) is 0.902. The molecule has 1 aromatic carbocycles. The molecule has 1 saturated heterocycles. The van der Waals surface area contributed by atoms with E-state index in [-0.39, 0.29) is 23.8 Å². The lowest BCUT2D eigenvalue weighted by Crippen LogP contribution is -2.46. The fourth-order valence-corrected chi connectivity index (χ4v) is 2.45. The summed E-state index contributed by atoms with van der Waals surface area (Å²) in [5, 5.41) is 3.27. The average molecular weight is 294 g/mol. The van der Waals surface area contributed by atoms with Crippen molar-refractivity contribution in [2.24, 2.45) is 0 Å². The van der Waals surface area contributed by atoms with Gasteiger partial charge in [0.2, 0.25) is 5.91 Å². The van der Waals surface area contributed by atoms with Crippen molar-refractivity contribution in [2.75, 3.05) is 19.8 Å². The summed E-state index contributed by atoms with van der Waals surface area (Å²) in [6, 6.07) is 6.67. The molecule has 1 aliphatic heterocycles. The molecule has 4 nitrogen and oxygen atoms in total. The fourth-order valence-electron chi connectivity index (χ4n) is 2.45. The Morgan fingerprint density at radius 3 is 2.86 bits per heavy atom. The molecule has 0 spiro atoms. The van der Waals surface area contributed by atoms with Gasteiger partial charge in [-0.05, 0) is 19.9 Å². The number of halogens is 1. The molecule has 0 aliphatic carbocycles. The topological polar surface area (TPSA) is 41.6 Å². The van der Waals surface area contributed by atoms with Gasteiger partial charge < -0.3 is 15.0 Å². The number of carbonyl (C=O) groups excluding carboxylic acids is 1. The van der Waals surface area contributed by atoms with Crippen LogP contribution in [0.4, 0.5) is 4.39 Å². The number of amides is 1. The van der Waals surface area contributed by atoms with Gasteiger partial charge in [-0.2, -0.15) is 0 Å². The van der Waals surface area contributed by atoms with Crippen LogP contribution in [0.1, 0.15) is 25.8 Å². The van der Waals surface area contributed by atoms with Crippen molar-refractivity contribution in [3.63, 3.8) is 0 Å². The predicted octanol–water partition coefficient (Wildman–Crippen LogP) is 1.94. The molecule has 0 saturated carbocycles. The van der Waals surface area contributed by atoms with Crippen LogP contribution in [0.15, 0.2) is 24.3 Å². The number of carbonyl (C=O) groups is 1. The minimum Gasteiger partial charge on any atom is -0.378 e. The zero-order valence-corrected chi connectivity index (χ0v) is 12.6. The van der Waals surface area contributed by atoms with E-state index in [0.717, 1.165) is 6.54 Å². The van der Waals surface area contributed by atoms with E-state index >= 15 is 0 Å². The first-order valence-corrected chi connectivity index (χ1v) is 7.42. The van der Waals surface area contributed by atoms with Crippen LogP contribution in [0.2, 0.25) is 0 Å². The van der Waals surface area contributed by atoms with E-state index in [1.54, 1.807) is 23.1 Å². The van der Waals surface area contributed by atoms with E-state index in [4.69, 9.17) is 4.74 Å². The van der Waals surface area contributed by atoms with Gasteiger partial charge in [0.05, 0.1) is 13.2 Å². The van der Waals surface area contributed by atoms with Crippen LogP contribution in [0.25, 0.3) is 0 Å². The van der Waals surface area contributed by atoms with Gasteiger partial charge in [0.15, 0.2) is 0 Å². The Morgan fingerprint density at radius 2 is 2.24 bits per heavy atom. The summed E-state index contributed by atoms with van der Waals surface area (Å²) in [7, 11) is 0. The van der Waals surface area contributed by atoms with Gasteiger partial charge in [0.25, 0.3) is 0 Å². The van der Waals surface area contributed by atoms with E-state index in [2.05, 4.69) is 5.32 Å². The van der Waals surface area contributed by atoms with E-state index < -0.39 is 0 Å². The summed E-state index contributed by atoms with van der Waals surface area (Å²) in [5.41, 5.74) is 0.549. The minimum atomic E-state index is -0.268. The Bertz CT molecular complexity index is 473. The molecular formula is C16H23FN2O2. The summed E-state index contributed by atoms with van der Waals surface area (Å²) < 4.78 is 19.1. The smallest absolute Gasteiger partial charge is 0.224 e. The van der Waals surface area contributed by atoms with Gasteiger partial charge in [-0.25, -0.2) is 4.39 Å². The summed E-state index contributed by atoms with van der Waals surface area (Å²) in [6.45, 7) is 6.21. The second-order valence-corrected chi connectivity index (χ2v) is 5.64. The molecule has 0 radical (unpaired) electrons. The maximum Gasteiger partial charge on any atom is 0.224 e. The molecular weight excluding hydrogens is 271 g/mol. The Kier molecular flexibility index (Phi) is 5.70. The first-order valence-electron chi connectivity index (χ1n) is 7.42. The largest absolute Gasteiger partial charge is 0.378 e. The first kappa shape index (κ1) is 15.9. The lowest BCUT2D eigenvalue weighted by Gasteiger charge is -2.30. The van der Waals surface area contributed by atoms with Gasteiger partial charge in [0.1, 0.15) is 5.82 Å². The summed E-state index contributed by atoms with van der Waals surface area (Å²) >= 11 is 0. The van der Waals surface area contributed by atoms with Crippen molar-refractivity contribution in [2.45, 2.75) is 38.9 Å². The molecule has 2 rings (SSSR count). The van der Waals surface area contributed by atoms with Gasteiger partial charge in [-0.15, -0.1) is 0 Å². The molecule has 1 atom stereocenters. The van der Waals surface area contributed by atoms with Gasteiger partial charge in [-0.1, -0.05) is 18.2 Å². The third-order valence-electron chi connectivity index (χ3n) is 3.66. The van der Waals surface area contributed by atoms with Crippen LogP contribution in [0.5, 0.6) is 0 Å². The van der Waals surface area contributed by atoms with E-state index in [1.807, 2.05) is 13.8 Å². The van der Waals surface area contributed by atoms with Crippen LogP contribution < -0.4 is 5.32 Å². The molecule has 1 fully saturated rings. The lowest BCUT2D eigenvalue weighted by molar-refractivity contribution is -0.134. The zero-order valence-electron chi connectivity index (χ0n) is 12.6. The highest BCUT2D eigenvalue weighted by Gasteiger charge is 2.23. The molecule has 21 heavy (non-hydrogen) atoms. The highest BCUT2D eigenvalue weighted by Crippen LogP contribution is 2.14. The zero-order chi connectivity index (χ0) is 15.2. The number of nitrogens with one attached hydrogen (secondary N) is 1. The number of hydrogen-bond donors (Lipinski definition) is 1. The van der Waals surface area contributed by atoms with E-state index in [1.165, 1.54) is 6.07 Å². The van der Waals surface area contributed by atoms with Crippen LogP contribution in [-0.2, 0) is 16.1 Å². The van der Waals surface area contributed by atoms with E-state index in [0.29, 0.717) is 31.7 Å². The Morgan fingerprint density at radius 1 is 1.48 bits per heavy atom. The number of nitrogens with zero attached hydrogens (tertiary/aromatic N) is 1. The maximum atomic E-state index is 13.8. The fraction of sp³-hybridized carbons (Fsp3) is 0.562. The van der Waals surface area contributed by atoms with Crippen LogP contribution in [0, 0.1) is 5.82 Å². The molecule has 116 valence electrons. The Hall–Kier alpha value is -1.46. The highest BCUT2D eigenvalue weighted by molar-refractivity contribution is 5.77. The predicted molar refractivity (Wildman–Crippen MR) is 79.3 cm³/mol. The van der Waals surface area contributed by atoms with Crippen molar-refractivity contribution in [1.29, 1.82) is 0 Å². The molecule has 1 unspecified atom stereocenters. The number of rotatable bonds is 5. The van der Waals surface area contributed by atoms with Gasteiger partial charge >= 0.3 is 0 Å². The van der Waals surface area contributed by atoms with Crippen molar-refractivity contribution >= 4 is 5.91 Å². The molecule has 1 aliphatic rings. The molecule has 1 N–H and O–H groups in total. The van der Waals surface area contributed by atoms with E-state index in [9.17, 15) is 9.18 Å². The van der Waals surface area contributed by atoms with Crippen LogP contribution in [-0.4, -0.2) is 42.6 Å². The maximum absolute atomic E-state index is 13.8. The molecule has 1 amide bonds. The summed E-state index contributed by atoms with van der Waals surface area (Å²) in [5.74, 6) is -0.244. The molecule has 0 aromatic heterocycles. The first-order chi connectivity index (χ1) is 10.1. The number of benzene rings is 1. The molecule has 5 heteroatoms. The Labute approximate surface area is 125 Å². The third kappa shape index (κ3) is 4.51. The van der Waals surface area contributed by atoms with Crippen molar-refractivity contribution in [1.82, 2.24) is 10.2 Å². The van der Waals surface area contributed by atoms with Gasteiger partial charge in [0, 0.05) is 37.2 Å². The average Bonchev–Trinajstić information content (AvgIpc) is 2.47. The molecule has 1 aromatic rings. The van der Waals surface area contributed by atoms with Gasteiger partial charge in [-0.3, -0.25) is 4.79 Å². The number of hydrogen-bond acceptors (Lipinski definition) is 3. The normalized spacial score (nSPS) is 18.8.